The number of carbonyl (C=O) groups excluding carboxylic acids is 1. The number of aromatic nitrogens is 3. The third kappa shape index (κ3) is 4.79. The summed E-state index contributed by atoms with van der Waals surface area (Å²) in [6.45, 7) is 1.68. The molecular formula is C26H23Cl2N5O. The summed E-state index contributed by atoms with van der Waals surface area (Å²) in [5.74, 6) is 1.37. The number of benzene rings is 2. The summed E-state index contributed by atoms with van der Waals surface area (Å²) in [7, 11) is 0. The largest absolute Gasteiger partial charge is 0.356 e. The highest BCUT2D eigenvalue weighted by Gasteiger charge is 2.24. The number of carbonyl (C=O) groups is 1. The van der Waals surface area contributed by atoms with Gasteiger partial charge < -0.3 is 10.2 Å². The number of piperidine rings is 1. The Kier molecular flexibility index (Phi) is 6.52. The van der Waals surface area contributed by atoms with Crippen molar-refractivity contribution in [2.24, 2.45) is 0 Å². The second kappa shape index (κ2) is 9.87. The van der Waals surface area contributed by atoms with Crippen LogP contribution in [0.2, 0.25) is 10.0 Å². The molecule has 3 heterocycles. The van der Waals surface area contributed by atoms with Crippen LogP contribution in [0.3, 0.4) is 0 Å². The Labute approximate surface area is 208 Å². The zero-order chi connectivity index (χ0) is 23.5. The van der Waals surface area contributed by atoms with Crippen LogP contribution in [-0.2, 0) is 0 Å². The molecule has 1 amide bonds. The van der Waals surface area contributed by atoms with Gasteiger partial charge in [-0.25, -0.2) is 9.97 Å². The molecular weight excluding hydrogens is 469 g/mol. The lowest BCUT2D eigenvalue weighted by Crippen LogP contribution is -2.45. The molecule has 8 heteroatoms. The van der Waals surface area contributed by atoms with Gasteiger partial charge in [-0.15, -0.1) is 0 Å². The van der Waals surface area contributed by atoms with E-state index in [1.807, 2.05) is 71.3 Å². The number of halogens is 2. The van der Waals surface area contributed by atoms with Crippen molar-refractivity contribution in [2.45, 2.75) is 18.9 Å². The van der Waals surface area contributed by atoms with E-state index in [2.05, 4.69) is 20.2 Å². The van der Waals surface area contributed by atoms with Crippen LogP contribution in [0, 0.1) is 0 Å². The summed E-state index contributed by atoms with van der Waals surface area (Å²) in [6, 6.07) is 20.9. The Morgan fingerprint density at radius 2 is 1.68 bits per heavy atom. The highest BCUT2D eigenvalue weighted by molar-refractivity contribution is 6.33. The molecule has 0 spiro atoms. The van der Waals surface area contributed by atoms with Gasteiger partial charge in [0.1, 0.15) is 17.3 Å². The van der Waals surface area contributed by atoms with Crippen LogP contribution in [-0.4, -0.2) is 39.6 Å². The summed E-state index contributed by atoms with van der Waals surface area (Å²) in [4.78, 5) is 24.5. The molecule has 1 N–H and O–H groups in total. The number of pyridine rings is 1. The maximum absolute atomic E-state index is 13.2. The van der Waals surface area contributed by atoms with E-state index in [0.29, 0.717) is 21.6 Å². The SMILES string of the molecule is O=C(NC1CCN(c2ccccn2)CC1)c1cn(-c2ccc(Cl)cc2)c(-c2ccccc2Cl)n1. The lowest BCUT2D eigenvalue weighted by molar-refractivity contribution is 0.0926. The molecule has 1 aliphatic rings. The van der Waals surface area contributed by atoms with Crippen LogP contribution in [0.25, 0.3) is 17.1 Å². The molecule has 2 aromatic heterocycles. The second-order valence-corrected chi connectivity index (χ2v) is 9.04. The summed E-state index contributed by atoms with van der Waals surface area (Å²) in [6.07, 6.45) is 5.24. The van der Waals surface area contributed by atoms with Crippen molar-refractivity contribution >= 4 is 34.9 Å². The highest BCUT2D eigenvalue weighted by atomic mass is 35.5. The van der Waals surface area contributed by atoms with Gasteiger partial charge in [0.25, 0.3) is 5.91 Å². The number of amides is 1. The molecule has 34 heavy (non-hydrogen) atoms. The van der Waals surface area contributed by atoms with Gasteiger partial charge in [0, 0.05) is 47.8 Å². The first kappa shape index (κ1) is 22.4. The molecule has 0 bridgehead atoms. The predicted octanol–water partition coefficient (Wildman–Crippen LogP) is 5.64. The van der Waals surface area contributed by atoms with Crippen LogP contribution in [0.1, 0.15) is 23.3 Å². The Morgan fingerprint density at radius 1 is 0.941 bits per heavy atom. The first-order chi connectivity index (χ1) is 16.6. The van der Waals surface area contributed by atoms with Gasteiger partial charge in [-0.1, -0.05) is 41.4 Å². The zero-order valence-electron chi connectivity index (χ0n) is 18.4. The lowest BCUT2D eigenvalue weighted by Gasteiger charge is -2.33. The molecule has 172 valence electrons. The average Bonchev–Trinajstić information content (AvgIpc) is 3.31. The minimum Gasteiger partial charge on any atom is -0.356 e. The molecule has 2 aromatic carbocycles. The third-order valence-electron chi connectivity index (χ3n) is 5.96. The normalized spacial score (nSPS) is 14.2. The molecule has 0 radical (unpaired) electrons. The maximum Gasteiger partial charge on any atom is 0.271 e. The van der Waals surface area contributed by atoms with Crippen LogP contribution < -0.4 is 10.2 Å². The van der Waals surface area contributed by atoms with Gasteiger partial charge in [0.2, 0.25) is 0 Å². The number of hydrogen-bond acceptors (Lipinski definition) is 4. The van der Waals surface area contributed by atoms with E-state index < -0.39 is 0 Å². The average molecular weight is 492 g/mol. The predicted molar refractivity (Wildman–Crippen MR) is 136 cm³/mol. The Hall–Kier alpha value is -3.35. The second-order valence-electron chi connectivity index (χ2n) is 8.20. The van der Waals surface area contributed by atoms with E-state index in [0.717, 1.165) is 43.0 Å². The van der Waals surface area contributed by atoms with E-state index >= 15 is 0 Å². The molecule has 5 rings (SSSR count). The zero-order valence-corrected chi connectivity index (χ0v) is 19.9. The number of anilines is 1. The highest BCUT2D eigenvalue weighted by Crippen LogP contribution is 2.30. The molecule has 4 aromatic rings. The molecule has 1 aliphatic heterocycles. The van der Waals surface area contributed by atoms with Crippen molar-refractivity contribution in [3.8, 4) is 17.1 Å². The van der Waals surface area contributed by atoms with Gasteiger partial charge in [0.15, 0.2) is 0 Å². The number of hydrogen-bond donors (Lipinski definition) is 1. The molecule has 0 unspecified atom stereocenters. The van der Waals surface area contributed by atoms with Gasteiger partial charge in [0.05, 0.1) is 5.02 Å². The fourth-order valence-electron chi connectivity index (χ4n) is 4.17. The van der Waals surface area contributed by atoms with Crippen LogP contribution in [0.5, 0.6) is 0 Å². The molecule has 0 saturated carbocycles. The van der Waals surface area contributed by atoms with Gasteiger partial charge in [-0.05, 0) is 61.4 Å². The van der Waals surface area contributed by atoms with E-state index in [-0.39, 0.29) is 11.9 Å². The minimum absolute atomic E-state index is 0.0805. The topological polar surface area (TPSA) is 63.1 Å². The smallest absolute Gasteiger partial charge is 0.271 e. The Morgan fingerprint density at radius 3 is 2.38 bits per heavy atom. The molecule has 0 aliphatic carbocycles. The summed E-state index contributed by atoms with van der Waals surface area (Å²) >= 11 is 12.5. The first-order valence-corrected chi connectivity index (χ1v) is 11.9. The Bertz CT molecular complexity index is 1280. The van der Waals surface area contributed by atoms with E-state index in [1.54, 1.807) is 12.4 Å². The van der Waals surface area contributed by atoms with E-state index in [4.69, 9.17) is 23.2 Å². The fraction of sp³-hybridized carbons (Fsp3) is 0.192. The number of rotatable bonds is 5. The summed E-state index contributed by atoms with van der Waals surface area (Å²) in [5.41, 5.74) is 1.94. The quantitative estimate of drug-likeness (QED) is 0.392. The maximum atomic E-state index is 13.2. The van der Waals surface area contributed by atoms with Crippen molar-refractivity contribution < 1.29 is 4.79 Å². The van der Waals surface area contributed by atoms with Gasteiger partial charge in [-0.3, -0.25) is 9.36 Å². The van der Waals surface area contributed by atoms with Crippen molar-refractivity contribution in [1.29, 1.82) is 0 Å². The lowest BCUT2D eigenvalue weighted by atomic mass is 10.0. The molecule has 0 atom stereocenters. The van der Waals surface area contributed by atoms with Crippen LogP contribution in [0.15, 0.2) is 79.1 Å². The fourth-order valence-corrected chi connectivity index (χ4v) is 4.52. The van der Waals surface area contributed by atoms with Crippen molar-refractivity contribution in [1.82, 2.24) is 19.9 Å². The number of imidazole rings is 1. The van der Waals surface area contributed by atoms with Crippen molar-refractivity contribution in [2.75, 3.05) is 18.0 Å². The van der Waals surface area contributed by atoms with Crippen molar-refractivity contribution in [3.63, 3.8) is 0 Å². The Balaban J connectivity index is 1.36. The number of nitrogens with one attached hydrogen (secondary N) is 1. The summed E-state index contributed by atoms with van der Waals surface area (Å²) < 4.78 is 1.87. The third-order valence-corrected chi connectivity index (χ3v) is 6.54. The summed E-state index contributed by atoms with van der Waals surface area (Å²) in [5, 5.41) is 4.36. The van der Waals surface area contributed by atoms with E-state index in [9.17, 15) is 4.79 Å². The minimum atomic E-state index is -0.197. The van der Waals surface area contributed by atoms with E-state index in [1.165, 1.54) is 0 Å². The first-order valence-electron chi connectivity index (χ1n) is 11.2. The van der Waals surface area contributed by atoms with Crippen LogP contribution in [0.4, 0.5) is 5.82 Å². The molecule has 6 nitrogen and oxygen atoms in total. The number of nitrogens with zero attached hydrogens (tertiary/aromatic N) is 4. The van der Waals surface area contributed by atoms with Crippen molar-refractivity contribution in [3.05, 3.63) is 94.9 Å². The molecule has 1 fully saturated rings. The van der Waals surface area contributed by atoms with Gasteiger partial charge in [-0.2, -0.15) is 0 Å². The van der Waals surface area contributed by atoms with Gasteiger partial charge >= 0.3 is 0 Å². The monoisotopic (exact) mass is 491 g/mol. The van der Waals surface area contributed by atoms with Crippen LogP contribution >= 0.6 is 23.2 Å². The molecule has 1 saturated heterocycles. The standard InChI is InChI=1S/C26H23Cl2N5O/c27-18-8-10-20(11-9-18)33-17-23(31-25(33)21-5-1-2-6-22(21)28)26(34)30-19-12-15-32(16-13-19)24-7-3-4-14-29-24/h1-11,14,17,19H,12-13,15-16H2,(H,30,34).